The van der Waals surface area contributed by atoms with E-state index in [0.29, 0.717) is 17.0 Å². The minimum atomic E-state index is -0.432. The van der Waals surface area contributed by atoms with Gasteiger partial charge < -0.3 is 4.74 Å². The maximum atomic E-state index is 12.9. The highest BCUT2D eigenvalue weighted by Crippen LogP contribution is 2.20. The molecule has 0 spiro atoms. The molecule has 20 heavy (non-hydrogen) atoms. The van der Waals surface area contributed by atoms with Crippen LogP contribution in [-0.2, 0) is 4.74 Å². The quantitative estimate of drug-likeness (QED) is 0.672. The molecule has 3 rings (SSSR count). The first kappa shape index (κ1) is 12.3. The zero-order chi connectivity index (χ0) is 14.1. The minimum Gasteiger partial charge on any atom is -0.464 e. The largest absolute Gasteiger partial charge is 0.464 e. The monoisotopic (exact) mass is 270 g/mol. The molecule has 2 heterocycles. The summed E-state index contributed by atoms with van der Waals surface area (Å²) >= 11 is 0. The van der Waals surface area contributed by atoms with Crippen LogP contribution in [0.5, 0.6) is 0 Å². The second kappa shape index (κ2) is 4.77. The van der Waals surface area contributed by atoms with Gasteiger partial charge in [0.25, 0.3) is 0 Å². The Hall–Kier alpha value is -2.69. The summed E-state index contributed by atoms with van der Waals surface area (Å²) in [5, 5.41) is 0. The average Bonchev–Trinajstić information content (AvgIpc) is 2.91. The zero-order valence-corrected chi connectivity index (χ0v) is 10.7. The summed E-state index contributed by atoms with van der Waals surface area (Å²) < 4.78 is 19.3. The van der Waals surface area contributed by atoms with E-state index in [1.165, 1.54) is 19.2 Å². The van der Waals surface area contributed by atoms with Crippen LogP contribution in [0.2, 0.25) is 0 Å². The van der Waals surface area contributed by atoms with Crippen molar-refractivity contribution in [2.24, 2.45) is 0 Å². The third-order valence-electron chi connectivity index (χ3n) is 3.03. The van der Waals surface area contributed by atoms with E-state index in [1.807, 2.05) is 0 Å². The predicted molar refractivity (Wildman–Crippen MR) is 71.9 cm³/mol. The van der Waals surface area contributed by atoms with Crippen molar-refractivity contribution in [1.82, 2.24) is 9.38 Å². The average molecular weight is 270 g/mol. The number of imidazole rings is 1. The zero-order valence-electron chi connectivity index (χ0n) is 10.7. The van der Waals surface area contributed by atoms with Crippen LogP contribution in [0.15, 0.2) is 48.7 Å². The number of pyridine rings is 1. The topological polar surface area (TPSA) is 43.6 Å². The molecular formula is C15H11FN2O2. The number of carbonyl (C=O) groups excluding carboxylic acids is 1. The molecule has 1 aromatic carbocycles. The lowest BCUT2D eigenvalue weighted by atomic mass is 10.2. The van der Waals surface area contributed by atoms with Gasteiger partial charge in [0.15, 0.2) is 0 Å². The van der Waals surface area contributed by atoms with Gasteiger partial charge in [-0.1, -0.05) is 6.07 Å². The number of nitrogens with zero attached hydrogens (tertiary/aromatic N) is 2. The van der Waals surface area contributed by atoms with Crippen molar-refractivity contribution in [3.05, 3.63) is 60.2 Å². The van der Waals surface area contributed by atoms with Crippen LogP contribution in [0.1, 0.15) is 10.5 Å². The Balaban J connectivity index is 2.15. The fourth-order valence-electron chi connectivity index (χ4n) is 2.04. The number of carbonyl (C=O) groups is 1. The molecule has 5 heteroatoms. The Kier molecular flexibility index (Phi) is 2.95. The Labute approximate surface area is 114 Å². The van der Waals surface area contributed by atoms with Crippen LogP contribution in [0.4, 0.5) is 4.39 Å². The number of rotatable bonds is 2. The van der Waals surface area contributed by atoms with E-state index in [2.05, 4.69) is 4.98 Å². The smallest absolute Gasteiger partial charge is 0.355 e. The number of esters is 1. The van der Waals surface area contributed by atoms with Crippen LogP contribution < -0.4 is 0 Å². The van der Waals surface area contributed by atoms with E-state index in [9.17, 15) is 9.18 Å². The van der Waals surface area contributed by atoms with Crippen molar-refractivity contribution in [2.75, 3.05) is 7.11 Å². The number of aromatic nitrogens is 2. The lowest BCUT2D eigenvalue weighted by molar-refractivity contribution is 0.0592. The number of benzene rings is 1. The summed E-state index contributed by atoms with van der Waals surface area (Å²) in [7, 11) is 1.33. The van der Waals surface area contributed by atoms with Crippen molar-refractivity contribution in [2.45, 2.75) is 0 Å². The molecule has 0 aliphatic rings. The van der Waals surface area contributed by atoms with Gasteiger partial charge in [-0.25, -0.2) is 14.2 Å². The highest BCUT2D eigenvalue weighted by atomic mass is 19.1. The molecule has 0 N–H and O–H groups in total. The first-order valence-electron chi connectivity index (χ1n) is 6.01. The maximum absolute atomic E-state index is 12.9. The molecule has 100 valence electrons. The Bertz CT molecular complexity index is 778. The van der Waals surface area contributed by atoms with E-state index in [1.54, 1.807) is 40.9 Å². The fraction of sp³-hybridized carbons (Fsp3) is 0.0667. The molecule has 0 saturated heterocycles. The first-order valence-corrected chi connectivity index (χ1v) is 6.01. The third kappa shape index (κ3) is 2.03. The number of fused-ring (bicyclic) bond motifs is 1. The predicted octanol–water partition coefficient (Wildman–Crippen LogP) is 2.93. The summed E-state index contributed by atoms with van der Waals surface area (Å²) in [5.74, 6) is -0.730. The van der Waals surface area contributed by atoms with Gasteiger partial charge in [-0.15, -0.1) is 0 Å². The molecule has 0 bridgehead atoms. The lowest BCUT2D eigenvalue weighted by Gasteiger charge is -2.01. The van der Waals surface area contributed by atoms with Crippen molar-refractivity contribution >= 4 is 11.6 Å². The number of hydrogen-bond acceptors (Lipinski definition) is 3. The molecule has 0 aliphatic heterocycles. The summed E-state index contributed by atoms with van der Waals surface area (Å²) in [6.07, 6.45) is 1.73. The number of methoxy groups -OCH3 is 1. The summed E-state index contributed by atoms with van der Waals surface area (Å²) in [4.78, 5) is 16.1. The molecule has 0 saturated carbocycles. The van der Waals surface area contributed by atoms with Crippen molar-refractivity contribution < 1.29 is 13.9 Å². The van der Waals surface area contributed by atoms with Gasteiger partial charge in [0.05, 0.1) is 12.8 Å². The Morgan fingerprint density at radius 1 is 1.20 bits per heavy atom. The van der Waals surface area contributed by atoms with Crippen molar-refractivity contribution in [3.8, 4) is 11.3 Å². The second-order valence-corrected chi connectivity index (χ2v) is 4.26. The number of ether oxygens (including phenoxy) is 1. The van der Waals surface area contributed by atoms with Gasteiger partial charge >= 0.3 is 5.97 Å². The molecule has 2 aromatic heterocycles. The minimum absolute atomic E-state index is 0.298. The summed E-state index contributed by atoms with van der Waals surface area (Å²) in [6, 6.07) is 11.2. The highest BCUT2D eigenvalue weighted by molar-refractivity contribution is 5.88. The highest BCUT2D eigenvalue weighted by Gasteiger charge is 2.12. The van der Waals surface area contributed by atoms with Gasteiger partial charge in [-0.3, -0.25) is 4.40 Å². The van der Waals surface area contributed by atoms with Crippen molar-refractivity contribution in [3.63, 3.8) is 0 Å². The number of hydrogen-bond donors (Lipinski definition) is 0. The normalized spacial score (nSPS) is 10.7. The maximum Gasteiger partial charge on any atom is 0.355 e. The van der Waals surface area contributed by atoms with E-state index in [0.717, 1.165) is 5.56 Å². The van der Waals surface area contributed by atoms with Gasteiger partial charge in [-0.05, 0) is 36.4 Å². The van der Waals surface area contributed by atoms with E-state index in [-0.39, 0.29) is 5.82 Å². The molecule has 0 unspecified atom stereocenters. The molecule has 0 radical (unpaired) electrons. The number of halogens is 1. The molecule has 3 aromatic rings. The Morgan fingerprint density at radius 2 is 1.95 bits per heavy atom. The van der Waals surface area contributed by atoms with E-state index >= 15 is 0 Å². The van der Waals surface area contributed by atoms with Crippen molar-refractivity contribution in [1.29, 1.82) is 0 Å². The van der Waals surface area contributed by atoms with E-state index in [4.69, 9.17) is 4.74 Å². The second-order valence-electron chi connectivity index (χ2n) is 4.26. The molecule has 0 aliphatic carbocycles. The third-order valence-corrected chi connectivity index (χ3v) is 3.03. The molecule has 0 fully saturated rings. The lowest BCUT2D eigenvalue weighted by Crippen LogP contribution is -2.06. The molecule has 0 atom stereocenters. The van der Waals surface area contributed by atoms with Crippen LogP contribution in [0, 0.1) is 5.82 Å². The van der Waals surface area contributed by atoms with Crippen LogP contribution in [0.25, 0.3) is 16.9 Å². The fourth-order valence-corrected chi connectivity index (χ4v) is 2.04. The van der Waals surface area contributed by atoms with Crippen LogP contribution in [0.3, 0.4) is 0 Å². The Morgan fingerprint density at radius 3 is 2.65 bits per heavy atom. The van der Waals surface area contributed by atoms with Gasteiger partial charge in [0.2, 0.25) is 0 Å². The van der Waals surface area contributed by atoms with Gasteiger partial charge in [0, 0.05) is 11.8 Å². The van der Waals surface area contributed by atoms with Crippen LogP contribution >= 0.6 is 0 Å². The van der Waals surface area contributed by atoms with Gasteiger partial charge in [-0.2, -0.15) is 0 Å². The van der Waals surface area contributed by atoms with Crippen LogP contribution in [-0.4, -0.2) is 22.5 Å². The molecule has 4 nitrogen and oxygen atoms in total. The summed E-state index contributed by atoms with van der Waals surface area (Å²) in [5.41, 5.74) is 2.48. The SMILES string of the molecule is COC(=O)c1cccc2nc(-c3ccc(F)cc3)cn12. The van der Waals surface area contributed by atoms with Gasteiger partial charge in [0.1, 0.15) is 17.2 Å². The van der Waals surface area contributed by atoms with E-state index < -0.39 is 5.97 Å². The summed E-state index contributed by atoms with van der Waals surface area (Å²) in [6.45, 7) is 0. The molecular weight excluding hydrogens is 259 g/mol. The molecule has 0 amide bonds. The standard InChI is InChI=1S/C15H11FN2O2/c1-20-15(19)13-3-2-4-14-17-12(9-18(13)14)10-5-7-11(16)8-6-10/h2-9H,1H3. The first-order chi connectivity index (χ1) is 9.69.